The molecule has 1 saturated carbocycles. The molecule has 2 fully saturated rings. The molecule has 200 valence electrons. The lowest BCUT2D eigenvalue weighted by molar-refractivity contribution is -0.115. The Morgan fingerprint density at radius 3 is 2.45 bits per heavy atom. The number of carbonyl (C=O) groups excluding carboxylic acids is 1. The number of hydrogen-bond donors (Lipinski definition) is 2. The van der Waals surface area contributed by atoms with E-state index in [-0.39, 0.29) is 24.8 Å². The summed E-state index contributed by atoms with van der Waals surface area (Å²) < 4.78 is 20.3. The fourth-order valence-corrected chi connectivity index (χ4v) is 4.63. The van der Waals surface area contributed by atoms with Crippen LogP contribution in [0.25, 0.3) is 11.3 Å². The molecule has 0 bridgehead atoms. The van der Waals surface area contributed by atoms with Crippen LogP contribution >= 0.6 is 0 Å². The minimum absolute atomic E-state index is 0.0398. The maximum absolute atomic E-state index is 14.8. The van der Waals surface area contributed by atoms with E-state index in [1.54, 1.807) is 23.1 Å². The lowest BCUT2D eigenvalue weighted by Gasteiger charge is -2.37. The van der Waals surface area contributed by atoms with Gasteiger partial charge in [-0.1, -0.05) is 18.2 Å². The topological polar surface area (TPSA) is 101 Å². The number of nitriles is 1. The van der Waals surface area contributed by atoms with E-state index in [0.29, 0.717) is 29.0 Å². The number of amides is 1. The van der Waals surface area contributed by atoms with Crippen LogP contribution < -0.4 is 10.1 Å². The van der Waals surface area contributed by atoms with Crippen LogP contribution in [0.1, 0.15) is 49.3 Å². The summed E-state index contributed by atoms with van der Waals surface area (Å²) in [6, 6.07) is 14.2. The number of ether oxygens (including phenoxy) is 1. The van der Waals surface area contributed by atoms with Gasteiger partial charge in [0.05, 0.1) is 17.9 Å². The molecule has 0 atom stereocenters. The standard InChI is InChI=1S/C29H34FN5O3/c1-20(21-5-9-26(10-6-21)38-16-15-36)28(22-3-4-23(18-31)27(30)17-22)33-29(35(19-37)25-7-8-25)34-13-11-24(32-2)12-14-34/h3-6,9-10,17,19,24-25,32,36H,7-8,11-16H2,1-2H3/b28-20+,33-29?. The van der Waals surface area contributed by atoms with E-state index in [9.17, 15) is 14.4 Å². The van der Waals surface area contributed by atoms with Gasteiger partial charge in [0.15, 0.2) is 0 Å². The summed E-state index contributed by atoms with van der Waals surface area (Å²) in [5, 5.41) is 21.6. The van der Waals surface area contributed by atoms with Crippen molar-refractivity contribution in [2.45, 2.75) is 44.7 Å². The number of halogens is 1. The number of likely N-dealkylation sites (tertiary alicyclic amines) is 1. The van der Waals surface area contributed by atoms with Crippen LogP contribution in [0.15, 0.2) is 47.5 Å². The fraction of sp³-hybridized carbons (Fsp3) is 0.414. The van der Waals surface area contributed by atoms with Gasteiger partial charge < -0.3 is 20.1 Å². The number of rotatable bonds is 9. The van der Waals surface area contributed by atoms with E-state index >= 15 is 0 Å². The van der Waals surface area contributed by atoms with E-state index in [1.807, 2.05) is 32.2 Å². The highest BCUT2D eigenvalue weighted by Gasteiger charge is 2.35. The van der Waals surface area contributed by atoms with Crippen molar-refractivity contribution in [2.24, 2.45) is 4.99 Å². The normalized spacial score (nSPS) is 17.0. The molecule has 2 aromatic carbocycles. The molecule has 1 saturated heterocycles. The molecule has 8 nitrogen and oxygen atoms in total. The van der Waals surface area contributed by atoms with Crippen molar-refractivity contribution in [1.29, 1.82) is 5.26 Å². The molecule has 1 aliphatic carbocycles. The molecule has 2 aliphatic rings. The molecule has 2 aromatic rings. The predicted octanol–water partition coefficient (Wildman–Crippen LogP) is 3.62. The van der Waals surface area contributed by atoms with Crippen molar-refractivity contribution >= 4 is 23.6 Å². The molecule has 0 spiro atoms. The summed E-state index contributed by atoms with van der Waals surface area (Å²) in [4.78, 5) is 21.2. The molecule has 9 heteroatoms. The van der Waals surface area contributed by atoms with Crippen molar-refractivity contribution in [3.63, 3.8) is 0 Å². The van der Waals surface area contributed by atoms with Crippen LogP contribution in [0.3, 0.4) is 0 Å². The number of hydrogen-bond acceptors (Lipinski definition) is 6. The first-order chi connectivity index (χ1) is 18.5. The number of benzene rings is 2. The number of allylic oxidation sites excluding steroid dienone is 1. The lowest BCUT2D eigenvalue weighted by Crippen LogP contribution is -2.50. The van der Waals surface area contributed by atoms with Gasteiger partial charge in [0.1, 0.15) is 24.2 Å². The van der Waals surface area contributed by atoms with Crippen LogP contribution in [0.2, 0.25) is 0 Å². The highest BCUT2D eigenvalue weighted by atomic mass is 19.1. The second-order valence-corrected chi connectivity index (χ2v) is 9.58. The Morgan fingerprint density at radius 1 is 1.21 bits per heavy atom. The number of carbonyl (C=O) groups is 1. The van der Waals surface area contributed by atoms with Crippen LogP contribution in [0.4, 0.5) is 4.39 Å². The van der Waals surface area contributed by atoms with E-state index < -0.39 is 5.82 Å². The van der Waals surface area contributed by atoms with Crippen molar-refractivity contribution in [2.75, 3.05) is 33.4 Å². The first-order valence-corrected chi connectivity index (χ1v) is 13.0. The maximum atomic E-state index is 14.8. The molecule has 38 heavy (non-hydrogen) atoms. The molecular formula is C29H34FN5O3. The first kappa shape index (κ1) is 27.3. The SMILES string of the molecule is CNC1CCN(C(=N/C(=C(\C)c2ccc(OCCO)cc2)c2ccc(C#N)c(F)c2)N(C=O)C2CC2)CC1. The Kier molecular flexibility index (Phi) is 9.10. The smallest absolute Gasteiger partial charge is 0.216 e. The van der Waals surface area contributed by atoms with Gasteiger partial charge in [-0.25, -0.2) is 9.38 Å². The number of nitrogens with zero attached hydrogens (tertiary/aromatic N) is 4. The Hall–Kier alpha value is -3.74. The van der Waals surface area contributed by atoms with Crippen LogP contribution in [-0.2, 0) is 4.79 Å². The maximum Gasteiger partial charge on any atom is 0.216 e. The molecule has 4 rings (SSSR count). The minimum atomic E-state index is -0.621. The molecule has 0 aromatic heterocycles. The molecule has 2 N–H and O–H groups in total. The van der Waals surface area contributed by atoms with E-state index in [0.717, 1.165) is 56.3 Å². The van der Waals surface area contributed by atoms with Crippen molar-refractivity contribution in [1.82, 2.24) is 15.1 Å². The summed E-state index contributed by atoms with van der Waals surface area (Å²) in [5.74, 6) is 0.571. The highest BCUT2D eigenvalue weighted by molar-refractivity contribution is 5.98. The number of guanidine groups is 1. The zero-order valence-electron chi connectivity index (χ0n) is 21.9. The predicted molar refractivity (Wildman–Crippen MR) is 145 cm³/mol. The summed E-state index contributed by atoms with van der Waals surface area (Å²) in [7, 11) is 1.96. The Labute approximate surface area is 223 Å². The number of piperidine rings is 1. The van der Waals surface area contributed by atoms with E-state index in [1.165, 1.54) is 12.1 Å². The van der Waals surface area contributed by atoms with Crippen molar-refractivity contribution < 1.29 is 19.0 Å². The number of aliphatic hydroxyl groups excluding tert-OH is 1. The zero-order chi connectivity index (χ0) is 27.1. The molecule has 0 unspecified atom stereocenters. The summed E-state index contributed by atoms with van der Waals surface area (Å²) in [6.07, 6.45) is 4.53. The highest BCUT2D eigenvalue weighted by Crippen LogP contribution is 2.33. The Morgan fingerprint density at radius 2 is 1.89 bits per heavy atom. The van der Waals surface area contributed by atoms with Crippen molar-refractivity contribution in [3.8, 4) is 11.8 Å². The van der Waals surface area contributed by atoms with Gasteiger partial charge in [-0.2, -0.15) is 5.26 Å². The van der Waals surface area contributed by atoms with Crippen molar-refractivity contribution in [3.05, 3.63) is 65.0 Å². The molecule has 0 radical (unpaired) electrons. The van der Waals surface area contributed by atoms with Crippen LogP contribution in [0.5, 0.6) is 5.75 Å². The average Bonchev–Trinajstić information content (AvgIpc) is 3.79. The zero-order valence-corrected chi connectivity index (χ0v) is 21.9. The summed E-state index contributed by atoms with van der Waals surface area (Å²) in [5.41, 5.74) is 2.63. The number of aliphatic imine (C=N–C) groups is 1. The van der Waals surface area contributed by atoms with Gasteiger partial charge >= 0.3 is 0 Å². The Balaban J connectivity index is 1.82. The quantitative estimate of drug-likeness (QED) is 0.227. The largest absolute Gasteiger partial charge is 0.491 e. The van der Waals surface area contributed by atoms with Gasteiger partial charge in [-0.3, -0.25) is 9.69 Å². The molecular weight excluding hydrogens is 485 g/mol. The van der Waals surface area contributed by atoms with Crippen LogP contribution in [-0.4, -0.2) is 72.7 Å². The monoisotopic (exact) mass is 519 g/mol. The Bertz CT molecular complexity index is 1230. The molecule has 1 aliphatic heterocycles. The number of aliphatic hydroxyl groups is 1. The summed E-state index contributed by atoms with van der Waals surface area (Å²) in [6.45, 7) is 3.52. The van der Waals surface area contributed by atoms with Gasteiger partial charge in [0.2, 0.25) is 12.4 Å². The molecule has 1 amide bonds. The van der Waals surface area contributed by atoms with Crippen LogP contribution in [0, 0.1) is 17.1 Å². The third kappa shape index (κ3) is 6.39. The summed E-state index contributed by atoms with van der Waals surface area (Å²) >= 11 is 0. The van der Waals surface area contributed by atoms with Gasteiger partial charge in [0, 0.05) is 30.7 Å². The lowest BCUT2D eigenvalue weighted by atomic mass is 10.00. The fourth-order valence-electron chi connectivity index (χ4n) is 4.63. The van der Waals surface area contributed by atoms with Gasteiger partial charge in [-0.15, -0.1) is 0 Å². The van der Waals surface area contributed by atoms with Gasteiger partial charge in [0.25, 0.3) is 0 Å². The second kappa shape index (κ2) is 12.7. The number of nitrogens with one attached hydrogen (secondary N) is 1. The first-order valence-electron chi connectivity index (χ1n) is 13.0. The van der Waals surface area contributed by atoms with Gasteiger partial charge in [-0.05, 0) is 75.1 Å². The second-order valence-electron chi connectivity index (χ2n) is 9.58. The third-order valence-electron chi connectivity index (χ3n) is 7.05. The average molecular weight is 520 g/mol. The van der Waals surface area contributed by atoms with E-state index in [2.05, 4.69) is 10.2 Å². The minimum Gasteiger partial charge on any atom is -0.491 e. The molecule has 1 heterocycles. The third-order valence-corrected chi connectivity index (χ3v) is 7.05. The van der Waals surface area contributed by atoms with E-state index in [4.69, 9.17) is 14.8 Å².